The van der Waals surface area contributed by atoms with Crippen LogP contribution >= 0.6 is 0 Å². The molecule has 0 saturated heterocycles. The number of nitrogens with two attached hydrogens (primary N) is 1. The Balaban J connectivity index is 2.31. The average molecular weight is 256 g/mol. The fourth-order valence-electron chi connectivity index (χ4n) is 2.20. The van der Waals surface area contributed by atoms with Crippen molar-refractivity contribution in [3.63, 3.8) is 0 Å². The molecule has 1 aliphatic rings. The molecule has 0 aromatic rings. The molecule has 5 heteroatoms. The van der Waals surface area contributed by atoms with Crippen LogP contribution in [0, 0.1) is 5.92 Å². The van der Waals surface area contributed by atoms with Gasteiger partial charge < -0.3 is 15.8 Å². The van der Waals surface area contributed by atoms with E-state index in [1.165, 1.54) is 0 Å². The van der Waals surface area contributed by atoms with E-state index < -0.39 is 5.60 Å². The largest absolute Gasteiger partial charge is 0.444 e. The van der Waals surface area contributed by atoms with Crippen LogP contribution in [-0.2, 0) is 9.53 Å². The topological polar surface area (TPSA) is 81.4 Å². The molecule has 0 aromatic carbocycles. The summed E-state index contributed by atoms with van der Waals surface area (Å²) in [7, 11) is 0. The van der Waals surface area contributed by atoms with Crippen LogP contribution in [0.25, 0.3) is 0 Å². The smallest absolute Gasteiger partial charge is 0.407 e. The standard InChI is InChI=1S/C13H24N2O3/c1-13(2,3)18-12(17)15-10-6-4-9(5-7-10)11(16)8-14/h9-10H,4-8,14H2,1-3H3,(H,15,17). The van der Waals surface area contributed by atoms with Gasteiger partial charge in [-0.05, 0) is 46.5 Å². The lowest BCUT2D eigenvalue weighted by molar-refractivity contribution is -0.122. The molecule has 0 spiro atoms. The van der Waals surface area contributed by atoms with Gasteiger partial charge in [-0.1, -0.05) is 0 Å². The Morgan fingerprint density at radius 3 is 2.22 bits per heavy atom. The van der Waals surface area contributed by atoms with Gasteiger partial charge in [-0.25, -0.2) is 4.79 Å². The van der Waals surface area contributed by atoms with E-state index in [4.69, 9.17) is 10.5 Å². The van der Waals surface area contributed by atoms with Gasteiger partial charge in [0.05, 0.1) is 6.54 Å². The molecule has 5 nitrogen and oxygen atoms in total. The third-order valence-corrected chi connectivity index (χ3v) is 3.10. The van der Waals surface area contributed by atoms with Gasteiger partial charge in [-0.15, -0.1) is 0 Å². The second-order valence-corrected chi connectivity index (χ2v) is 5.87. The van der Waals surface area contributed by atoms with E-state index in [1.807, 2.05) is 20.8 Å². The fourth-order valence-corrected chi connectivity index (χ4v) is 2.20. The van der Waals surface area contributed by atoms with Gasteiger partial charge in [-0.3, -0.25) is 4.79 Å². The van der Waals surface area contributed by atoms with Crippen LogP contribution < -0.4 is 11.1 Å². The number of ether oxygens (including phenoxy) is 1. The third-order valence-electron chi connectivity index (χ3n) is 3.10. The normalized spacial score (nSPS) is 24.4. The molecule has 1 rings (SSSR count). The van der Waals surface area contributed by atoms with Crippen molar-refractivity contribution in [1.29, 1.82) is 0 Å². The summed E-state index contributed by atoms with van der Waals surface area (Å²) in [6, 6.07) is 0.113. The quantitative estimate of drug-likeness (QED) is 0.803. The molecular weight excluding hydrogens is 232 g/mol. The Bertz CT molecular complexity index is 302. The van der Waals surface area contributed by atoms with Crippen molar-refractivity contribution in [3.05, 3.63) is 0 Å². The van der Waals surface area contributed by atoms with Crippen molar-refractivity contribution in [2.45, 2.75) is 58.1 Å². The number of alkyl carbamates (subject to hydrolysis) is 1. The van der Waals surface area contributed by atoms with Crippen LogP contribution in [0.15, 0.2) is 0 Å². The van der Waals surface area contributed by atoms with E-state index in [-0.39, 0.29) is 30.4 Å². The number of nitrogens with one attached hydrogen (secondary N) is 1. The van der Waals surface area contributed by atoms with Crippen LogP contribution in [0.3, 0.4) is 0 Å². The second-order valence-electron chi connectivity index (χ2n) is 5.87. The summed E-state index contributed by atoms with van der Waals surface area (Å²) in [6.07, 6.45) is 2.86. The molecule has 1 saturated carbocycles. The van der Waals surface area contributed by atoms with Crippen LogP contribution in [0.1, 0.15) is 46.5 Å². The molecule has 0 heterocycles. The minimum absolute atomic E-state index is 0.0756. The van der Waals surface area contributed by atoms with Gasteiger partial charge in [0.1, 0.15) is 11.4 Å². The van der Waals surface area contributed by atoms with E-state index in [0.717, 1.165) is 25.7 Å². The maximum absolute atomic E-state index is 11.6. The molecule has 3 N–H and O–H groups in total. The SMILES string of the molecule is CC(C)(C)OC(=O)NC1CCC(C(=O)CN)CC1. The van der Waals surface area contributed by atoms with Crippen molar-refractivity contribution in [2.24, 2.45) is 11.7 Å². The molecule has 1 fully saturated rings. The van der Waals surface area contributed by atoms with Crippen molar-refractivity contribution in [3.8, 4) is 0 Å². The van der Waals surface area contributed by atoms with Crippen LogP contribution in [0.5, 0.6) is 0 Å². The molecular formula is C13H24N2O3. The highest BCUT2D eigenvalue weighted by atomic mass is 16.6. The molecule has 1 aliphatic carbocycles. The van der Waals surface area contributed by atoms with Crippen molar-refractivity contribution in [2.75, 3.05) is 6.54 Å². The van der Waals surface area contributed by atoms with Crippen LogP contribution in [-0.4, -0.2) is 30.1 Å². The summed E-state index contributed by atoms with van der Waals surface area (Å²) in [5.41, 5.74) is 4.87. The second kappa shape index (κ2) is 6.18. The summed E-state index contributed by atoms with van der Waals surface area (Å²) in [4.78, 5) is 23.0. The molecule has 0 bridgehead atoms. The summed E-state index contributed by atoms with van der Waals surface area (Å²) >= 11 is 0. The number of carbonyl (C=O) groups is 2. The minimum Gasteiger partial charge on any atom is -0.444 e. The molecule has 0 atom stereocenters. The molecule has 0 aliphatic heterocycles. The predicted octanol–water partition coefficient (Wildman–Crippen LogP) is 1.60. The highest BCUT2D eigenvalue weighted by Gasteiger charge is 2.27. The van der Waals surface area contributed by atoms with Gasteiger partial charge in [0.25, 0.3) is 0 Å². The van der Waals surface area contributed by atoms with E-state index in [0.29, 0.717) is 0 Å². The van der Waals surface area contributed by atoms with E-state index >= 15 is 0 Å². The van der Waals surface area contributed by atoms with Gasteiger partial charge >= 0.3 is 6.09 Å². The lowest BCUT2D eigenvalue weighted by Gasteiger charge is -2.29. The van der Waals surface area contributed by atoms with Gasteiger partial charge in [0.15, 0.2) is 0 Å². The molecule has 1 amide bonds. The Labute approximate surface area is 108 Å². The van der Waals surface area contributed by atoms with Crippen molar-refractivity contribution in [1.82, 2.24) is 5.32 Å². The molecule has 104 valence electrons. The Hall–Kier alpha value is -1.10. The summed E-state index contributed by atoms with van der Waals surface area (Å²) in [5, 5.41) is 2.85. The average Bonchev–Trinajstić information content (AvgIpc) is 2.26. The lowest BCUT2D eigenvalue weighted by Crippen LogP contribution is -2.42. The zero-order valence-corrected chi connectivity index (χ0v) is 11.5. The number of ketones is 1. The molecule has 0 aromatic heterocycles. The van der Waals surface area contributed by atoms with E-state index in [1.54, 1.807) is 0 Å². The third kappa shape index (κ3) is 5.04. The fraction of sp³-hybridized carbons (Fsp3) is 0.846. The Morgan fingerprint density at radius 1 is 1.22 bits per heavy atom. The molecule has 0 unspecified atom stereocenters. The number of carbonyl (C=O) groups excluding carboxylic acids is 2. The van der Waals surface area contributed by atoms with Gasteiger partial charge in [-0.2, -0.15) is 0 Å². The summed E-state index contributed by atoms with van der Waals surface area (Å²) < 4.78 is 5.20. The zero-order chi connectivity index (χ0) is 13.8. The number of Topliss-reactive ketones (excluding diaryl/α,β-unsaturated/α-hetero) is 1. The van der Waals surface area contributed by atoms with Gasteiger partial charge in [0, 0.05) is 12.0 Å². The van der Waals surface area contributed by atoms with Crippen LogP contribution in [0.4, 0.5) is 4.79 Å². The predicted molar refractivity (Wildman–Crippen MR) is 69.2 cm³/mol. The first kappa shape index (κ1) is 15.0. The van der Waals surface area contributed by atoms with Crippen molar-refractivity contribution < 1.29 is 14.3 Å². The number of hydrogen-bond donors (Lipinski definition) is 2. The Morgan fingerprint density at radius 2 is 1.78 bits per heavy atom. The van der Waals surface area contributed by atoms with E-state index in [9.17, 15) is 9.59 Å². The highest BCUT2D eigenvalue weighted by Crippen LogP contribution is 2.25. The minimum atomic E-state index is -0.475. The van der Waals surface area contributed by atoms with Crippen molar-refractivity contribution >= 4 is 11.9 Å². The first-order valence-corrected chi connectivity index (χ1v) is 6.54. The molecule has 0 radical (unpaired) electrons. The first-order valence-electron chi connectivity index (χ1n) is 6.54. The number of hydrogen-bond acceptors (Lipinski definition) is 4. The Kier molecular flexibility index (Phi) is 5.14. The lowest BCUT2D eigenvalue weighted by atomic mass is 9.83. The molecule has 18 heavy (non-hydrogen) atoms. The number of amides is 1. The maximum atomic E-state index is 11.6. The monoisotopic (exact) mass is 256 g/mol. The summed E-state index contributed by atoms with van der Waals surface area (Å²) in [5.74, 6) is 0.206. The first-order chi connectivity index (χ1) is 8.31. The van der Waals surface area contributed by atoms with Crippen LogP contribution in [0.2, 0.25) is 0 Å². The summed E-state index contributed by atoms with van der Waals surface area (Å²) in [6.45, 7) is 5.63. The van der Waals surface area contributed by atoms with Gasteiger partial charge in [0.2, 0.25) is 0 Å². The zero-order valence-electron chi connectivity index (χ0n) is 11.5. The highest BCUT2D eigenvalue weighted by molar-refractivity contribution is 5.82. The maximum Gasteiger partial charge on any atom is 0.407 e. The van der Waals surface area contributed by atoms with E-state index in [2.05, 4.69) is 5.32 Å². The number of rotatable bonds is 3.